The molecule has 1 N–H and O–H groups in total. The number of aromatic hydroxyl groups is 1. The van der Waals surface area contributed by atoms with E-state index in [1.807, 2.05) is 42.5 Å². The number of benzene rings is 2. The molecule has 2 aromatic rings. The Morgan fingerprint density at radius 3 is 1.93 bits per heavy atom. The van der Waals surface area contributed by atoms with E-state index < -0.39 is 0 Å². The minimum atomic E-state index is 0.277. The van der Waals surface area contributed by atoms with Crippen LogP contribution in [0.15, 0.2) is 61.2 Å². The molecular weight excluding hydrogens is 184 g/mol. The zero-order valence-corrected chi connectivity index (χ0v) is 8.35. The molecule has 0 aromatic heterocycles. The first-order valence-electron chi connectivity index (χ1n) is 4.81. The summed E-state index contributed by atoms with van der Waals surface area (Å²) >= 11 is 0. The van der Waals surface area contributed by atoms with E-state index in [-0.39, 0.29) is 5.75 Å². The average molecular weight is 196 g/mol. The summed E-state index contributed by atoms with van der Waals surface area (Å²) in [4.78, 5) is 0. The van der Waals surface area contributed by atoms with E-state index in [2.05, 4.69) is 6.58 Å². The van der Waals surface area contributed by atoms with Crippen molar-refractivity contribution in [2.45, 2.75) is 0 Å². The number of phenols is 1. The largest absolute Gasteiger partial charge is 0.508 e. The van der Waals surface area contributed by atoms with Gasteiger partial charge in [-0.2, -0.15) is 0 Å². The van der Waals surface area contributed by atoms with Gasteiger partial charge in [-0.3, -0.25) is 0 Å². The van der Waals surface area contributed by atoms with Gasteiger partial charge in [0.1, 0.15) is 5.75 Å². The van der Waals surface area contributed by atoms with E-state index in [4.69, 9.17) is 0 Å². The van der Waals surface area contributed by atoms with Gasteiger partial charge < -0.3 is 5.11 Å². The third-order valence-corrected chi connectivity index (χ3v) is 2.34. The second-order valence-corrected chi connectivity index (χ2v) is 3.39. The summed E-state index contributed by atoms with van der Waals surface area (Å²) < 4.78 is 0. The number of hydrogen-bond acceptors (Lipinski definition) is 1. The average Bonchev–Trinajstić information content (AvgIpc) is 2.30. The first-order chi connectivity index (χ1) is 7.27. The molecule has 0 radical (unpaired) electrons. The predicted molar refractivity (Wildman–Crippen MR) is 62.7 cm³/mol. The minimum Gasteiger partial charge on any atom is -0.508 e. The molecule has 0 unspecified atom stereocenters. The van der Waals surface area contributed by atoms with Gasteiger partial charge in [0, 0.05) is 0 Å². The van der Waals surface area contributed by atoms with Gasteiger partial charge in [-0.1, -0.05) is 49.0 Å². The van der Waals surface area contributed by atoms with Crippen LogP contribution in [0, 0.1) is 0 Å². The summed E-state index contributed by atoms with van der Waals surface area (Å²) in [5.41, 5.74) is 3.10. The number of rotatable bonds is 2. The summed E-state index contributed by atoms with van der Waals surface area (Å²) in [6, 6.07) is 17.1. The van der Waals surface area contributed by atoms with Crippen LogP contribution in [0.25, 0.3) is 5.57 Å². The van der Waals surface area contributed by atoms with E-state index >= 15 is 0 Å². The van der Waals surface area contributed by atoms with Gasteiger partial charge in [0.25, 0.3) is 0 Å². The maximum Gasteiger partial charge on any atom is 0.115 e. The molecule has 0 spiro atoms. The smallest absolute Gasteiger partial charge is 0.115 e. The van der Waals surface area contributed by atoms with Crippen molar-refractivity contribution in [3.63, 3.8) is 0 Å². The fraction of sp³-hybridized carbons (Fsp3) is 0. The highest BCUT2D eigenvalue weighted by molar-refractivity contribution is 5.78. The molecule has 0 saturated carbocycles. The van der Waals surface area contributed by atoms with Crippen LogP contribution in [0.5, 0.6) is 5.75 Å². The second kappa shape index (κ2) is 4.01. The Balaban J connectivity index is 2.33. The molecule has 0 aliphatic heterocycles. The fourth-order valence-corrected chi connectivity index (χ4v) is 1.47. The molecule has 2 aromatic carbocycles. The van der Waals surface area contributed by atoms with E-state index in [0.717, 1.165) is 16.7 Å². The van der Waals surface area contributed by atoms with Crippen LogP contribution in [-0.2, 0) is 0 Å². The maximum atomic E-state index is 9.18. The molecule has 0 heterocycles. The number of phenolic OH excluding ortho intramolecular Hbond substituents is 1. The van der Waals surface area contributed by atoms with Crippen molar-refractivity contribution in [1.29, 1.82) is 0 Å². The Bertz CT molecular complexity index is 454. The third kappa shape index (κ3) is 2.08. The van der Waals surface area contributed by atoms with Crippen LogP contribution in [0.4, 0.5) is 0 Å². The Hall–Kier alpha value is -2.02. The van der Waals surface area contributed by atoms with Crippen LogP contribution in [0.2, 0.25) is 0 Å². The second-order valence-electron chi connectivity index (χ2n) is 3.39. The predicted octanol–water partition coefficient (Wildman–Crippen LogP) is 3.45. The van der Waals surface area contributed by atoms with Gasteiger partial charge in [0.15, 0.2) is 0 Å². The minimum absolute atomic E-state index is 0.277. The van der Waals surface area contributed by atoms with Crippen molar-refractivity contribution >= 4 is 5.57 Å². The SMILES string of the molecule is C=C(c1ccccc1)c1ccc(O)cc1. The van der Waals surface area contributed by atoms with E-state index in [9.17, 15) is 5.11 Å². The van der Waals surface area contributed by atoms with Crippen LogP contribution >= 0.6 is 0 Å². The highest BCUT2D eigenvalue weighted by Gasteiger charge is 2.00. The van der Waals surface area contributed by atoms with Crippen LogP contribution < -0.4 is 0 Å². The summed E-state index contributed by atoms with van der Waals surface area (Å²) in [6.07, 6.45) is 0. The summed E-state index contributed by atoms with van der Waals surface area (Å²) in [5.74, 6) is 0.277. The van der Waals surface area contributed by atoms with Crippen molar-refractivity contribution in [3.05, 3.63) is 72.3 Å². The quantitative estimate of drug-likeness (QED) is 0.779. The van der Waals surface area contributed by atoms with E-state index in [1.165, 1.54) is 0 Å². The molecule has 1 heteroatoms. The number of hydrogen-bond donors (Lipinski definition) is 1. The highest BCUT2D eigenvalue weighted by Crippen LogP contribution is 2.22. The summed E-state index contributed by atoms with van der Waals surface area (Å²) in [5, 5.41) is 9.18. The van der Waals surface area contributed by atoms with Crippen molar-refractivity contribution in [3.8, 4) is 5.75 Å². The van der Waals surface area contributed by atoms with Crippen molar-refractivity contribution < 1.29 is 5.11 Å². The van der Waals surface area contributed by atoms with Crippen LogP contribution in [0.3, 0.4) is 0 Å². The first kappa shape index (κ1) is 9.53. The van der Waals surface area contributed by atoms with Gasteiger partial charge in [0.2, 0.25) is 0 Å². The van der Waals surface area contributed by atoms with Gasteiger partial charge in [-0.05, 0) is 28.8 Å². The molecule has 0 fully saturated rings. The molecule has 0 atom stereocenters. The zero-order chi connectivity index (χ0) is 10.7. The zero-order valence-electron chi connectivity index (χ0n) is 8.35. The summed E-state index contributed by atoms with van der Waals surface area (Å²) in [7, 11) is 0. The van der Waals surface area contributed by atoms with Gasteiger partial charge in [-0.25, -0.2) is 0 Å². The lowest BCUT2D eigenvalue weighted by atomic mass is 10.00. The van der Waals surface area contributed by atoms with Crippen LogP contribution in [0.1, 0.15) is 11.1 Å². The normalized spacial score (nSPS) is 9.87. The first-order valence-corrected chi connectivity index (χ1v) is 4.81. The topological polar surface area (TPSA) is 20.2 Å². The molecular formula is C14H12O. The molecule has 0 amide bonds. The molecule has 74 valence electrons. The van der Waals surface area contributed by atoms with Crippen LogP contribution in [-0.4, -0.2) is 5.11 Å². The van der Waals surface area contributed by atoms with E-state index in [0.29, 0.717) is 0 Å². The fourth-order valence-electron chi connectivity index (χ4n) is 1.47. The molecule has 2 rings (SSSR count). The van der Waals surface area contributed by atoms with Gasteiger partial charge in [0.05, 0.1) is 0 Å². The van der Waals surface area contributed by atoms with Gasteiger partial charge in [-0.15, -0.1) is 0 Å². The molecule has 0 bridgehead atoms. The van der Waals surface area contributed by atoms with Crippen molar-refractivity contribution in [2.24, 2.45) is 0 Å². The summed E-state index contributed by atoms with van der Waals surface area (Å²) in [6.45, 7) is 4.04. The molecule has 0 aliphatic rings. The van der Waals surface area contributed by atoms with Gasteiger partial charge >= 0.3 is 0 Å². The lowest BCUT2D eigenvalue weighted by Crippen LogP contribution is -1.84. The molecule has 0 saturated heterocycles. The Labute approximate surface area is 89.3 Å². The van der Waals surface area contributed by atoms with Crippen molar-refractivity contribution in [1.82, 2.24) is 0 Å². The maximum absolute atomic E-state index is 9.18. The lowest BCUT2D eigenvalue weighted by molar-refractivity contribution is 0.475. The Morgan fingerprint density at radius 2 is 1.33 bits per heavy atom. The third-order valence-electron chi connectivity index (χ3n) is 2.34. The molecule has 0 aliphatic carbocycles. The monoisotopic (exact) mass is 196 g/mol. The molecule has 15 heavy (non-hydrogen) atoms. The molecule has 1 nitrogen and oxygen atoms in total. The Kier molecular flexibility index (Phi) is 2.55. The van der Waals surface area contributed by atoms with Crippen molar-refractivity contribution in [2.75, 3.05) is 0 Å². The lowest BCUT2D eigenvalue weighted by Gasteiger charge is -2.05. The standard InChI is InChI=1S/C14H12O/c1-11(12-5-3-2-4-6-12)13-7-9-14(15)10-8-13/h2-10,15H,1H2. The Morgan fingerprint density at radius 1 is 0.800 bits per heavy atom. The highest BCUT2D eigenvalue weighted by atomic mass is 16.3. The van der Waals surface area contributed by atoms with E-state index in [1.54, 1.807) is 12.1 Å².